The summed E-state index contributed by atoms with van der Waals surface area (Å²) in [6, 6.07) is 5.64. The molecule has 1 aromatic rings. The fraction of sp³-hybridized carbons (Fsp3) is 0.533. The Balaban J connectivity index is 3.06. The van der Waals surface area contributed by atoms with Crippen LogP contribution in [0, 0.1) is 0 Å². The molecule has 0 aliphatic rings. The molecular formula is C15H21BrO3. The summed E-state index contributed by atoms with van der Waals surface area (Å²) in [6.07, 6.45) is 0.585. The maximum absolute atomic E-state index is 11.8. The number of Topliss-reactive ketones (excluding diaryl/α,β-unsaturated/α-hetero) is 1. The summed E-state index contributed by atoms with van der Waals surface area (Å²) in [6.45, 7) is 6.85. The number of hydrogen-bond acceptors (Lipinski definition) is 3. The molecule has 0 aliphatic carbocycles. The van der Waals surface area contributed by atoms with Crippen LogP contribution >= 0.6 is 15.9 Å². The molecule has 1 rings (SSSR count). The molecule has 0 heterocycles. The van der Waals surface area contributed by atoms with Crippen LogP contribution in [0.5, 0.6) is 5.75 Å². The van der Waals surface area contributed by atoms with Gasteiger partial charge in [0.15, 0.2) is 5.78 Å². The zero-order valence-corrected chi connectivity index (χ0v) is 13.3. The Morgan fingerprint density at radius 1 is 1.32 bits per heavy atom. The van der Waals surface area contributed by atoms with E-state index in [0.717, 1.165) is 5.56 Å². The fourth-order valence-electron chi connectivity index (χ4n) is 1.61. The van der Waals surface area contributed by atoms with Crippen LogP contribution < -0.4 is 4.74 Å². The fourth-order valence-corrected chi connectivity index (χ4v) is 1.93. The van der Waals surface area contributed by atoms with Crippen molar-refractivity contribution in [3.63, 3.8) is 0 Å². The molecule has 1 N–H and O–H groups in total. The van der Waals surface area contributed by atoms with Gasteiger partial charge in [-0.2, -0.15) is 0 Å². The van der Waals surface area contributed by atoms with Crippen molar-refractivity contribution >= 4 is 21.7 Å². The molecule has 0 saturated carbocycles. The number of aliphatic hydroxyl groups is 1. The van der Waals surface area contributed by atoms with Crippen LogP contribution in [-0.2, 0) is 5.41 Å². The van der Waals surface area contributed by atoms with Crippen LogP contribution in [0.1, 0.15) is 43.1 Å². The lowest BCUT2D eigenvalue weighted by molar-refractivity contribution is 0.102. The van der Waals surface area contributed by atoms with Gasteiger partial charge in [0.25, 0.3) is 0 Å². The van der Waals surface area contributed by atoms with Crippen LogP contribution in [0.3, 0.4) is 0 Å². The maximum atomic E-state index is 11.8. The van der Waals surface area contributed by atoms with E-state index in [2.05, 4.69) is 36.7 Å². The van der Waals surface area contributed by atoms with Crippen molar-refractivity contribution < 1.29 is 14.6 Å². The number of ketones is 1. The Morgan fingerprint density at radius 3 is 2.53 bits per heavy atom. The molecule has 0 unspecified atom stereocenters. The number of benzene rings is 1. The van der Waals surface area contributed by atoms with E-state index < -0.39 is 0 Å². The highest BCUT2D eigenvalue weighted by atomic mass is 79.9. The summed E-state index contributed by atoms with van der Waals surface area (Å²) < 4.78 is 5.59. The topological polar surface area (TPSA) is 46.5 Å². The minimum atomic E-state index is -0.0440. The molecule has 106 valence electrons. The summed E-state index contributed by atoms with van der Waals surface area (Å²) in [5, 5.41) is 9.07. The van der Waals surface area contributed by atoms with Crippen molar-refractivity contribution in [1.29, 1.82) is 0 Å². The number of alkyl halides is 1. The normalized spacial score (nSPS) is 11.4. The highest BCUT2D eigenvalue weighted by Gasteiger charge is 2.17. The molecule has 0 amide bonds. The predicted octanol–water partition coefficient (Wildman–Crippen LogP) is 3.32. The minimum Gasteiger partial charge on any atom is -0.493 e. The number of carbonyl (C=O) groups is 1. The zero-order valence-electron chi connectivity index (χ0n) is 11.7. The van der Waals surface area contributed by atoms with Crippen LogP contribution in [0.2, 0.25) is 0 Å². The summed E-state index contributed by atoms with van der Waals surface area (Å²) in [5.74, 6) is 0.725. The molecule has 0 aliphatic heterocycles. The number of hydrogen-bond donors (Lipinski definition) is 1. The molecule has 0 spiro atoms. The Bertz CT molecular complexity index is 436. The quantitative estimate of drug-likeness (QED) is 0.495. The first-order chi connectivity index (χ1) is 8.88. The van der Waals surface area contributed by atoms with Gasteiger partial charge in [-0.15, -0.1) is 0 Å². The lowest BCUT2D eigenvalue weighted by Crippen LogP contribution is -2.13. The Morgan fingerprint density at radius 2 is 2.00 bits per heavy atom. The standard InChI is InChI=1S/C15H21BrO3/c1-15(2,3)12-7-11(14(18)10-16)8-13(9-12)19-6-4-5-17/h7-9,17H,4-6,10H2,1-3H3. The monoisotopic (exact) mass is 328 g/mol. The van der Waals surface area contributed by atoms with Gasteiger partial charge in [0, 0.05) is 18.6 Å². The van der Waals surface area contributed by atoms with Crippen molar-refractivity contribution in [2.45, 2.75) is 32.6 Å². The van der Waals surface area contributed by atoms with Crippen molar-refractivity contribution in [2.24, 2.45) is 0 Å². The molecular weight excluding hydrogens is 308 g/mol. The highest BCUT2D eigenvalue weighted by molar-refractivity contribution is 9.09. The second-order valence-corrected chi connectivity index (χ2v) is 6.04. The van der Waals surface area contributed by atoms with E-state index in [1.54, 1.807) is 6.07 Å². The summed E-state index contributed by atoms with van der Waals surface area (Å²) in [5.41, 5.74) is 1.68. The van der Waals surface area contributed by atoms with Crippen LogP contribution in [-0.4, -0.2) is 29.4 Å². The molecule has 0 fully saturated rings. The second kappa shape index (κ2) is 7.06. The molecule has 0 bridgehead atoms. The first-order valence-corrected chi connectivity index (χ1v) is 7.49. The van der Waals surface area contributed by atoms with E-state index in [9.17, 15) is 4.79 Å². The smallest absolute Gasteiger partial charge is 0.173 e. The lowest BCUT2D eigenvalue weighted by Gasteiger charge is -2.21. The van der Waals surface area contributed by atoms with Crippen LogP contribution in [0.25, 0.3) is 0 Å². The molecule has 0 radical (unpaired) electrons. The van der Waals surface area contributed by atoms with E-state index in [1.165, 1.54) is 0 Å². The van der Waals surface area contributed by atoms with Gasteiger partial charge in [0.05, 0.1) is 11.9 Å². The largest absolute Gasteiger partial charge is 0.493 e. The Hall–Kier alpha value is -0.870. The minimum absolute atomic E-state index is 0.0399. The van der Waals surface area contributed by atoms with Gasteiger partial charge in [-0.1, -0.05) is 36.7 Å². The van der Waals surface area contributed by atoms with Gasteiger partial charge in [0.1, 0.15) is 5.75 Å². The van der Waals surface area contributed by atoms with Gasteiger partial charge in [-0.25, -0.2) is 0 Å². The van der Waals surface area contributed by atoms with E-state index in [-0.39, 0.29) is 17.8 Å². The molecule has 0 aromatic heterocycles. The third kappa shape index (κ3) is 4.96. The number of ether oxygens (including phenoxy) is 1. The third-order valence-electron chi connectivity index (χ3n) is 2.79. The zero-order chi connectivity index (χ0) is 14.5. The number of rotatable bonds is 6. The predicted molar refractivity (Wildman–Crippen MR) is 80.5 cm³/mol. The number of aliphatic hydroxyl groups excluding tert-OH is 1. The van der Waals surface area contributed by atoms with Crippen molar-refractivity contribution in [3.8, 4) is 5.75 Å². The summed E-state index contributed by atoms with van der Waals surface area (Å²) in [4.78, 5) is 11.8. The summed E-state index contributed by atoms with van der Waals surface area (Å²) >= 11 is 3.19. The molecule has 4 heteroatoms. The summed E-state index contributed by atoms with van der Waals surface area (Å²) in [7, 11) is 0. The molecule has 0 atom stereocenters. The Labute approximate surface area is 123 Å². The van der Waals surface area contributed by atoms with E-state index in [4.69, 9.17) is 9.84 Å². The van der Waals surface area contributed by atoms with Gasteiger partial charge in [0.2, 0.25) is 0 Å². The van der Waals surface area contributed by atoms with E-state index >= 15 is 0 Å². The second-order valence-electron chi connectivity index (χ2n) is 5.48. The molecule has 3 nitrogen and oxygen atoms in total. The molecule has 19 heavy (non-hydrogen) atoms. The third-order valence-corrected chi connectivity index (χ3v) is 3.30. The first-order valence-electron chi connectivity index (χ1n) is 6.37. The van der Waals surface area contributed by atoms with Crippen molar-refractivity contribution in [3.05, 3.63) is 29.3 Å². The first kappa shape index (κ1) is 16.2. The molecule has 0 saturated heterocycles. The molecule has 1 aromatic carbocycles. The number of carbonyl (C=O) groups excluding carboxylic acids is 1. The Kier molecular flexibility index (Phi) is 6.01. The van der Waals surface area contributed by atoms with Crippen molar-refractivity contribution in [1.82, 2.24) is 0 Å². The highest BCUT2D eigenvalue weighted by Crippen LogP contribution is 2.28. The maximum Gasteiger partial charge on any atom is 0.173 e. The van der Waals surface area contributed by atoms with Crippen LogP contribution in [0.4, 0.5) is 0 Å². The van der Waals surface area contributed by atoms with Crippen LogP contribution in [0.15, 0.2) is 18.2 Å². The van der Waals surface area contributed by atoms with Gasteiger partial charge < -0.3 is 9.84 Å². The number of halogens is 1. The average Bonchev–Trinajstić information content (AvgIpc) is 2.36. The van der Waals surface area contributed by atoms with Gasteiger partial charge >= 0.3 is 0 Å². The van der Waals surface area contributed by atoms with Gasteiger partial charge in [-0.3, -0.25) is 4.79 Å². The van der Waals surface area contributed by atoms with Gasteiger partial charge in [-0.05, 0) is 29.2 Å². The average molecular weight is 329 g/mol. The lowest BCUT2D eigenvalue weighted by atomic mass is 9.85. The van der Waals surface area contributed by atoms with E-state index in [1.807, 2.05) is 12.1 Å². The van der Waals surface area contributed by atoms with Crippen molar-refractivity contribution in [2.75, 3.05) is 18.5 Å². The SMILES string of the molecule is CC(C)(C)c1cc(OCCCO)cc(C(=O)CBr)c1. The van der Waals surface area contributed by atoms with E-state index in [0.29, 0.717) is 29.7 Å².